The topological polar surface area (TPSA) is 105 Å². The number of unbranched alkanes of at least 4 members (excludes halogenated alkanes) is 2. The van der Waals surface area contributed by atoms with E-state index in [1.165, 1.54) is 6.92 Å². The van der Waals surface area contributed by atoms with Crippen molar-refractivity contribution in [1.29, 1.82) is 0 Å². The number of ketones is 1. The molecule has 3 unspecified atom stereocenters. The third-order valence-corrected chi connectivity index (χ3v) is 6.61. The van der Waals surface area contributed by atoms with Crippen LogP contribution in [0.5, 0.6) is 0 Å². The molecule has 0 aromatic heterocycles. The van der Waals surface area contributed by atoms with E-state index in [0.717, 1.165) is 19.3 Å². The predicted octanol–water partition coefficient (Wildman–Crippen LogP) is 5.83. The molecular formula is C26H43NO7. The third-order valence-electron chi connectivity index (χ3n) is 6.61. The van der Waals surface area contributed by atoms with Gasteiger partial charge >= 0.3 is 5.97 Å². The van der Waals surface area contributed by atoms with Gasteiger partial charge < -0.3 is 9.47 Å². The van der Waals surface area contributed by atoms with Crippen LogP contribution in [-0.4, -0.2) is 36.3 Å². The number of hydrogen-bond acceptors (Lipinski definition) is 7. The molecule has 0 heterocycles. The molecule has 1 saturated carbocycles. The Morgan fingerprint density at radius 2 is 2.00 bits per heavy atom. The van der Waals surface area contributed by atoms with Gasteiger partial charge in [-0.25, -0.2) is 0 Å². The van der Waals surface area contributed by atoms with E-state index >= 15 is 0 Å². The van der Waals surface area contributed by atoms with E-state index in [1.807, 2.05) is 12.2 Å². The number of Topliss-reactive ketones (excluding diaryl/α,β-unsaturated/α-hetero) is 1. The Balaban J connectivity index is 2.56. The first-order valence-corrected chi connectivity index (χ1v) is 12.4. The van der Waals surface area contributed by atoms with Crippen LogP contribution in [0, 0.1) is 33.3 Å². The smallest absolute Gasteiger partial charge is 0.307 e. The summed E-state index contributed by atoms with van der Waals surface area (Å²) in [6.07, 6.45) is 13.2. The summed E-state index contributed by atoms with van der Waals surface area (Å²) < 4.78 is 10.6. The van der Waals surface area contributed by atoms with Crippen LogP contribution < -0.4 is 0 Å². The number of allylic oxidation sites excluding steroid dienone is 3. The molecule has 8 heteroatoms. The van der Waals surface area contributed by atoms with Gasteiger partial charge in [-0.15, -0.1) is 10.1 Å². The van der Waals surface area contributed by atoms with Crippen molar-refractivity contribution in [3.05, 3.63) is 34.4 Å². The second kappa shape index (κ2) is 14.9. The summed E-state index contributed by atoms with van der Waals surface area (Å²) in [4.78, 5) is 38.7. The molecule has 5 atom stereocenters. The van der Waals surface area contributed by atoms with Crippen LogP contribution in [0.2, 0.25) is 0 Å². The van der Waals surface area contributed by atoms with Crippen LogP contribution in [0.4, 0.5) is 0 Å². The number of carbonyl (C=O) groups is 2. The summed E-state index contributed by atoms with van der Waals surface area (Å²) in [5.41, 5.74) is 0.0386. The van der Waals surface area contributed by atoms with Crippen molar-refractivity contribution in [3.63, 3.8) is 0 Å². The largest absolute Gasteiger partial charge is 0.435 e. The highest BCUT2D eigenvalue weighted by molar-refractivity contribution is 5.84. The Morgan fingerprint density at radius 1 is 1.29 bits per heavy atom. The number of ether oxygens (including phenoxy) is 2. The van der Waals surface area contributed by atoms with Gasteiger partial charge in [0.2, 0.25) is 6.29 Å². The molecule has 8 nitrogen and oxygen atoms in total. The summed E-state index contributed by atoms with van der Waals surface area (Å²) >= 11 is 0. The fourth-order valence-corrected chi connectivity index (χ4v) is 4.60. The lowest BCUT2D eigenvalue weighted by molar-refractivity contribution is -0.777. The lowest BCUT2D eigenvalue weighted by atomic mass is 9.80. The van der Waals surface area contributed by atoms with Crippen LogP contribution in [-0.2, 0) is 23.9 Å². The molecule has 0 aromatic rings. The van der Waals surface area contributed by atoms with Gasteiger partial charge in [-0.2, -0.15) is 0 Å². The summed E-state index contributed by atoms with van der Waals surface area (Å²) in [6, 6.07) is 0. The monoisotopic (exact) mass is 481 g/mol. The van der Waals surface area contributed by atoms with Gasteiger partial charge in [-0.05, 0) is 49.9 Å². The summed E-state index contributed by atoms with van der Waals surface area (Å²) in [5.74, 6) is 0.215. The molecule has 1 fully saturated rings. The normalized spacial score (nSPS) is 22.9. The summed E-state index contributed by atoms with van der Waals surface area (Å²) in [7, 11) is 1.75. The Hall–Kier alpha value is -2.22. The molecule has 1 aliphatic rings. The molecule has 0 amide bonds. The molecule has 0 aliphatic heterocycles. The van der Waals surface area contributed by atoms with Gasteiger partial charge in [0.1, 0.15) is 5.78 Å². The first-order chi connectivity index (χ1) is 16.0. The molecule has 1 rings (SSSR count). The maximum absolute atomic E-state index is 12.6. The fraction of sp³-hybridized carbons (Fsp3) is 0.769. The molecule has 0 spiro atoms. The van der Waals surface area contributed by atoms with Crippen molar-refractivity contribution in [2.45, 2.75) is 98.4 Å². The number of methoxy groups -OCH3 is 1. The van der Waals surface area contributed by atoms with Crippen LogP contribution in [0.15, 0.2) is 24.3 Å². The van der Waals surface area contributed by atoms with Gasteiger partial charge in [0.15, 0.2) is 0 Å². The minimum absolute atomic E-state index is 0.0105. The quantitative estimate of drug-likeness (QED) is 0.0682. The lowest BCUT2D eigenvalue weighted by Crippen LogP contribution is -2.30. The van der Waals surface area contributed by atoms with E-state index < -0.39 is 17.3 Å². The Labute approximate surface area is 204 Å². The minimum Gasteiger partial charge on any atom is -0.435 e. The maximum Gasteiger partial charge on any atom is 0.307 e. The highest BCUT2D eigenvalue weighted by atomic mass is 17.0. The summed E-state index contributed by atoms with van der Waals surface area (Å²) in [5, 5.41) is 9.23. The molecule has 194 valence electrons. The van der Waals surface area contributed by atoms with Crippen molar-refractivity contribution in [3.8, 4) is 0 Å². The zero-order valence-corrected chi connectivity index (χ0v) is 21.7. The Kier molecular flexibility index (Phi) is 13.1. The number of carbonyl (C=O) groups excluding carboxylic acids is 2. The number of hydrogen-bond donors (Lipinski definition) is 0. The number of esters is 1. The lowest BCUT2D eigenvalue weighted by Gasteiger charge is -2.32. The predicted molar refractivity (Wildman–Crippen MR) is 130 cm³/mol. The van der Waals surface area contributed by atoms with Crippen molar-refractivity contribution in [1.82, 2.24) is 0 Å². The third kappa shape index (κ3) is 10.4. The average Bonchev–Trinajstić information content (AvgIpc) is 3.01. The van der Waals surface area contributed by atoms with Gasteiger partial charge in [-0.3, -0.25) is 14.4 Å². The molecule has 0 aromatic carbocycles. The van der Waals surface area contributed by atoms with E-state index in [2.05, 4.69) is 44.7 Å². The van der Waals surface area contributed by atoms with Gasteiger partial charge in [0.05, 0.1) is 6.10 Å². The molecule has 1 aliphatic carbocycles. The number of rotatable bonds is 16. The van der Waals surface area contributed by atoms with E-state index in [4.69, 9.17) is 9.47 Å². The average molecular weight is 482 g/mol. The molecule has 0 bridgehead atoms. The fourth-order valence-electron chi connectivity index (χ4n) is 4.60. The van der Waals surface area contributed by atoms with Crippen LogP contribution in [0.25, 0.3) is 0 Å². The van der Waals surface area contributed by atoms with Gasteiger partial charge in [-0.1, -0.05) is 64.8 Å². The molecule has 0 N–H and O–H groups in total. The second-order valence-electron chi connectivity index (χ2n) is 9.95. The minimum atomic E-state index is -1.21. The Morgan fingerprint density at radius 3 is 2.62 bits per heavy atom. The molecule has 0 radical (unpaired) electrons. The van der Waals surface area contributed by atoms with Crippen molar-refractivity contribution < 1.29 is 29.0 Å². The van der Waals surface area contributed by atoms with Crippen molar-refractivity contribution >= 4 is 11.8 Å². The molecular weight excluding hydrogens is 438 g/mol. The zero-order chi connectivity index (χ0) is 25.7. The molecule has 34 heavy (non-hydrogen) atoms. The Bertz CT molecular complexity index is 716. The zero-order valence-electron chi connectivity index (χ0n) is 21.7. The van der Waals surface area contributed by atoms with E-state index in [0.29, 0.717) is 37.4 Å². The van der Waals surface area contributed by atoms with Crippen LogP contribution in [0.1, 0.15) is 86.0 Å². The SMILES string of the molecule is CCCCC(C)(C)[C@@H](/C=C/[C@H]1C(C)CC(=O)C1C/C=C\CCCC(=O)OC(C)O[N+](=O)[O-])OC. The standard InChI is InChI=1S/C26H43NO7/c1-7-8-17-26(4,5)24(32-6)16-15-21-19(2)18-23(28)22(21)13-11-9-10-12-14-25(29)33-20(3)34-27(30)31/h9,11,15-16,19-22,24H,7-8,10,12-14,17-18H2,1-6H3/b11-9-,16-15+/t19?,20?,21-,22?,24+/m0/s1. The van der Waals surface area contributed by atoms with Gasteiger partial charge in [0, 0.05) is 25.9 Å². The van der Waals surface area contributed by atoms with E-state index in [-0.39, 0.29) is 29.8 Å². The van der Waals surface area contributed by atoms with E-state index in [9.17, 15) is 19.7 Å². The highest BCUT2D eigenvalue weighted by Crippen LogP contribution is 2.38. The van der Waals surface area contributed by atoms with Crippen LogP contribution in [0.3, 0.4) is 0 Å². The molecule has 0 saturated heterocycles. The van der Waals surface area contributed by atoms with Crippen molar-refractivity contribution in [2.24, 2.45) is 23.2 Å². The maximum atomic E-state index is 12.6. The number of nitrogens with zero attached hydrogens (tertiary/aromatic N) is 1. The van der Waals surface area contributed by atoms with Crippen LogP contribution >= 0.6 is 0 Å². The van der Waals surface area contributed by atoms with E-state index in [1.54, 1.807) is 7.11 Å². The first-order valence-electron chi connectivity index (χ1n) is 12.4. The van der Waals surface area contributed by atoms with Crippen molar-refractivity contribution in [2.75, 3.05) is 7.11 Å². The van der Waals surface area contributed by atoms with Gasteiger partial charge in [0.25, 0.3) is 5.09 Å². The summed E-state index contributed by atoms with van der Waals surface area (Å²) in [6.45, 7) is 10.1. The first kappa shape index (κ1) is 29.8. The highest BCUT2D eigenvalue weighted by Gasteiger charge is 2.38. The second-order valence-corrected chi connectivity index (χ2v) is 9.95.